The number of rotatable bonds is 8. The number of hydrogen-bond acceptors (Lipinski definition) is 5. The molecule has 0 bridgehead atoms. The maximum atomic E-state index is 5.76. The highest BCUT2D eigenvalue weighted by atomic mass is 16.6. The van der Waals surface area contributed by atoms with Gasteiger partial charge in [0.25, 0.3) is 0 Å². The highest BCUT2D eigenvalue weighted by Crippen LogP contribution is 2.43. The van der Waals surface area contributed by atoms with E-state index >= 15 is 0 Å². The Bertz CT molecular complexity index is 788. The summed E-state index contributed by atoms with van der Waals surface area (Å²) in [5.41, 5.74) is 2.45. The molecular weight excluding hydrogens is 342 g/mol. The lowest BCUT2D eigenvalue weighted by Gasteiger charge is -2.23. The van der Waals surface area contributed by atoms with Gasteiger partial charge < -0.3 is 24.3 Å². The topological polar surface area (TPSA) is 49.0 Å². The number of hydrogen-bond donors (Lipinski definition) is 1. The van der Waals surface area contributed by atoms with E-state index in [0.29, 0.717) is 31.8 Å². The maximum Gasteiger partial charge on any atom is 0.161 e. The molecule has 1 atom stereocenters. The van der Waals surface area contributed by atoms with E-state index in [1.165, 1.54) is 24.0 Å². The first-order valence-electron chi connectivity index (χ1n) is 9.71. The second kappa shape index (κ2) is 8.09. The molecule has 1 saturated carbocycles. The lowest BCUT2D eigenvalue weighted by Crippen LogP contribution is -2.23. The molecule has 1 N–H and O–H groups in total. The SMILES string of the molecule is CCOc1cc(CNC(c2ccc3c(c2)OCCO3)C2CC2)ccc1OC. The summed E-state index contributed by atoms with van der Waals surface area (Å²) in [4.78, 5) is 0. The largest absolute Gasteiger partial charge is 0.493 e. The van der Waals surface area contributed by atoms with Gasteiger partial charge in [0.2, 0.25) is 0 Å². The van der Waals surface area contributed by atoms with Crippen molar-refractivity contribution in [1.29, 1.82) is 0 Å². The minimum atomic E-state index is 0.318. The van der Waals surface area contributed by atoms with Gasteiger partial charge in [0.15, 0.2) is 23.0 Å². The molecule has 5 heteroatoms. The van der Waals surface area contributed by atoms with Gasteiger partial charge in [-0.3, -0.25) is 0 Å². The third kappa shape index (κ3) is 4.14. The fourth-order valence-electron chi connectivity index (χ4n) is 3.57. The number of nitrogens with one attached hydrogen (secondary N) is 1. The lowest BCUT2D eigenvalue weighted by atomic mass is 10.0. The number of methoxy groups -OCH3 is 1. The Morgan fingerprint density at radius 1 is 1.04 bits per heavy atom. The molecule has 0 spiro atoms. The average Bonchev–Trinajstić information content (AvgIpc) is 3.54. The van der Waals surface area contributed by atoms with Crippen molar-refractivity contribution in [1.82, 2.24) is 5.32 Å². The van der Waals surface area contributed by atoms with Gasteiger partial charge in [-0.25, -0.2) is 0 Å². The molecule has 2 aromatic rings. The molecule has 144 valence electrons. The Morgan fingerprint density at radius 3 is 2.59 bits per heavy atom. The van der Waals surface area contributed by atoms with Crippen molar-refractivity contribution in [3.8, 4) is 23.0 Å². The van der Waals surface area contributed by atoms with E-state index < -0.39 is 0 Å². The predicted octanol–water partition coefficient (Wildman–Crippen LogP) is 4.11. The zero-order valence-corrected chi connectivity index (χ0v) is 16.0. The molecule has 1 fully saturated rings. The van der Waals surface area contributed by atoms with Crippen LogP contribution in [0.3, 0.4) is 0 Å². The first kappa shape index (κ1) is 18.0. The Labute approximate surface area is 160 Å². The monoisotopic (exact) mass is 369 g/mol. The highest BCUT2D eigenvalue weighted by Gasteiger charge is 2.32. The zero-order chi connectivity index (χ0) is 18.6. The van der Waals surface area contributed by atoms with E-state index in [-0.39, 0.29) is 0 Å². The van der Waals surface area contributed by atoms with Crippen molar-refractivity contribution >= 4 is 0 Å². The van der Waals surface area contributed by atoms with Gasteiger partial charge in [-0.15, -0.1) is 0 Å². The van der Waals surface area contributed by atoms with E-state index in [1.807, 2.05) is 19.1 Å². The van der Waals surface area contributed by atoms with Crippen molar-refractivity contribution in [2.75, 3.05) is 26.9 Å². The van der Waals surface area contributed by atoms with Crippen molar-refractivity contribution in [3.63, 3.8) is 0 Å². The number of ether oxygens (including phenoxy) is 4. The van der Waals surface area contributed by atoms with Gasteiger partial charge >= 0.3 is 0 Å². The van der Waals surface area contributed by atoms with Crippen molar-refractivity contribution < 1.29 is 18.9 Å². The van der Waals surface area contributed by atoms with Gasteiger partial charge in [0.1, 0.15) is 13.2 Å². The molecule has 0 amide bonds. The maximum absolute atomic E-state index is 5.76. The van der Waals surface area contributed by atoms with Crippen LogP contribution in [0.15, 0.2) is 36.4 Å². The summed E-state index contributed by atoms with van der Waals surface area (Å²) in [6, 6.07) is 12.7. The number of benzene rings is 2. The minimum Gasteiger partial charge on any atom is -0.493 e. The van der Waals surface area contributed by atoms with Crippen LogP contribution in [0.5, 0.6) is 23.0 Å². The Balaban J connectivity index is 1.49. The van der Waals surface area contributed by atoms with Crippen LogP contribution in [-0.4, -0.2) is 26.9 Å². The molecule has 1 heterocycles. The molecule has 1 aliphatic heterocycles. The summed E-state index contributed by atoms with van der Waals surface area (Å²) in [5, 5.41) is 3.74. The minimum absolute atomic E-state index is 0.318. The van der Waals surface area contributed by atoms with E-state index in [2.05, 4.69) is 29.6 Å². The molecule has 1 unspecified atom stereocenters. The molecule has 4 rings (SSSR count). The Kier molecular flexibility index (Phi) is 5.39. The summed E-state index contributed by atoms with van der Waals surface area (Å²) < 4.78 is 22.5. The number of fused-ring (bicyclic) bond motifs is 1. The highest BCUT2D eigenvalue weighted by molar-refractivity contribution is 5.45. The summed E-state index contributed by atoms with van der Waals surface area (Å²) in [5.74, 6) is 3.94. The van der Waals surface area contributed by atoms with Crippen LogP contribution in [0, 0.1) is 5.92 Å². The first-order chi connectivity index (χ1) is 13.3. The van der Waals surface area contributed by atoms with E-state index in [1.54, 1.807) is 7.11 Å². The smallest absolute Gasteiger partial charge is 0.161 e. The molecular formula is C22H27NO4. The summed E-state index contributed by atoms with van der Waals surface area (Å²) in [7, 11) is 1.67. The van der Waals surface area contributed by atoms with Crippen molar-refractivity contribution in [2.45, 2.75) is 32.4 Å². The van der Waals surface area contributed by atoms with Crippen LogP contribution in [-0.2, 0) is 6.54 Å². The molecule has 1 aliphatic carbocycles. The first-order valence-corrected chi connectivity index (χ1v) is 9.71. The molecule has 2 aromatic carbocycles. The van der Waals surface area contributed by atoms with Gasteiger partial charge in [-0.1, -0.05) is 12.1 Å². The predicted molar refractivity (Wildman–Crippen MR) is 104 cm³/mol. The zero-order valence-electron chi connectivity index (χ0n) is 16.0. The fourth-order valence-corrected chi connectivity index (χ4v) is 3.57. The van der Waals surface area contributed by atoms with E-state index in [0.717, 1.165) is 29.5 Å². The van der Waals surface area contributed by atoms with Crippen LogP contribution in [0.25, 0.3) is 0 Å². The van der Waals surface area contributed by atoms with E-state index in [4.69, 9.17) is 18.9 Å². The third-order valence-corrected chi connectivity index (χ3v) is 5.07. The van der Waals surface area contributed by atoms with Crippen molar-refractivity contribution in [3.05, 3.63) is 47.5 Å². The summed E-state index contributed by atoms with van der Waals surface area (Å²) >= 11 is 0. The van der Waals surface area contributed by atoms with Gasteiger partial charge in [0, 0.05) is 12.6 Å². The molecule has 27 heavy (non-hydrogen) atoms. The van der Waals surface area contributed by atoms with Crippen LogP contribution in [0.4, 0.5) is 0 Å². The van der Waals surface area contributed by atoms with Crippen LogP contribution in [0.1, 0.15) is 36.9 Å². The van der Waals surface area contributed by atoms with E-state index in [9.17, 15) is 0 Å². The van der Waals surface area contributed by atoms with Gasteiger partial charge in [-0.05, 0) is 61.1 Å². The quantitative estimate of drug-likeness (QED) is 0.759. The third-order valence-electron chi connectivity index (χ3n) is 5.07. The standard InChI is InChI=1S/C22H27NO4/c1-3-25-20-12-15(4-8-18(20)24-2)14-23-22(16-5-6-16)17-7-9-19-21(13-17)27-11-10-26-19/h4,7-9,12-13,16,22-23H,3,5-6,10-11,14H2,1-2H3. The molecule has 2 aliphatic rings. The fraction of sp³-hybridized carbons (Fsp3) is 0.455. The Hall–Kier alpha value is -2.40. The summed E-state index contributed by atoms with van der Waals surface area (Å²) in [6.07, 6.45) is 2.53. The van der Waals surface area contributed by atoms with Gasteiger partial charge in [-0.2, -0.15) is 0 Å². The Morgan fingerprint density at radius 2 is 1.85 bits per heavy atom. The van der Waals surface area contributed by atoms with Crippen LogP contribution in [0.2, 0.25) is 0 Å². The molecule has 5 nitrogen and oxygen atoms in total. The second-order valence-corrected chi connectivity index (χ2v) is 7.02. The lowest BCUT2D eigenvalue weighted by molar-refractivity contribution is 0.171. The normalized spacial score (nSPS) is 16.7. The van der Waals surface area contributed by atoms with Crippen LogP contribution >= 0.6 is 0 Å². The van der Waals surface area contributed by atoms with Crippen molar-refractivity contribution in [2.24, 2.45) is 5.92 Å². The summed E-state index contributed by atoms with van der Waals surface area (Å²) in [6.45, 7) is 4.62. The second-order valence-electron chi connectivity index (χ2n) is 7.02. The molecule has 0 saturated heterocycles. The average molecular weight is 369 g/mol. The molecule has 0 aromatic heterocycles. The molecule has 0 radical (unpaired) electrons. The van der Waals surface area contributed by atoms with Gasteiger partial charge in [0.05, 0.1) is 13.7 Å². The van der Waals surface area contributed by atoms with Crippen LogP contribution < -0.4 is 24.3 Å².